The SMILES string of the molecule is [2H]C1=C(C(=O)OCC)[C@H](S(=O)(=O)N([2H])c2ccc(F)cc2Cl)C([2H])([2H])C([2H])([2H])C1. The van der Waals surface area contributed by atoms with E-state index in [2.05, 4.69) is 0 Å². The Bertz CT molecular complexity index is 972. The third kappa shape index (κ3) is 4.23. The van der Waals surface area contributed by atoms with E-state index in [9.17, 15) is 17.6 Å². The van der Waals surface area contributed by atoms with Crippen LogP contribution in [0.15, 0.2) is 29.8 Å². The van der Waals surface area contributed by atoms with E-state index in [4.69, 9.17) is 24.6 Å². The van der Waals surface area contributed by atoms with Crippen LogP contribution in [0.5, 0.6) is 0 Å². The highest BCUT2D eigenvalue weighted by Gasteiger charge is 2.35. The second-order valence-electron chi connectivity index (χ2n) is 4.39. The molecule has 0 saturated heterocycles. The zero-order chi connectivity index (χ0) is 22.4. The van der Waals surface area contributed by atoms with Crippen LogP contribution in [0.3, 0.4) is 0 Å². The fourth-order valence-corrected chi connectivity index (χ4v) is 3.31. The van der Waals surface area contributed by atoms with Gasteiger partial charge in [0, 0.05) is 5.48 Å². The van der Waals surface area contributed by atoms with E-state index in [1.807, 2.05) is 0 Å². The highest BCUT2D eigenvalue weighted by Crippen LogP contribution is 2.30. The van der Waals surface area contributed by atoms with Crippen molar-refractivity contribution in [1.29, 1.82) is 0 Å². The molecule has 0 fully saturated rings. The number of nitrogens with one attached hydrogen (secondary N) is 1. The first-order valence-electron chi connectivity index (χ1n) is 9.48. The largest absolute Gasteiger partial charge is 0.463 e. The maximum atomic E-state index is 13.3. The van der Waals surface area contributed by atoms with Crippen LogP contribution in [0.2, 0.25) is 6.43 Å². The summed E-state index contributed by atoms with van der Waals surface area (Å²) in [6, 6.07) is 1.67. The third-order valence-electron chi connectivity index (χ3n) is 2.79. The van der Waals surface area contributed by atoms with E-state index in [0.717, 1.165) is 18.2 Å². The van der Waals surface area contributed by atoms with Gasteiger partial charge >= 0.3 is 5.97 Å². The average molecular weight is 368 g/mol. The highest BCUT2D eigenvalue weighted by molar-refractivity contribution is 7.93. The van der Waals surface area contributed by atoms with Crippen molar-refractivity contribution < 1.29 is 30.6 Å². The third-order valence-corrected chi connectivity index (χ3v) is 4.49. The van der Waals surface area contributed by atoms with Gasteiger partial charge in [-0.2, -0.15) is 0 Å². The number of anilines is 1. The Morgan fingerprint density at radius 3 is 3.04 bits per heavy atom. The number of hydrogen-bond acceptors (Lipinski definition) is 4. The van der Waals surface area contributed by atoms with Crippen molar-refractivity contribution in [2.45, 2.75) is 31.3 Å². The second kappa shape index (κ2) is 7.31. The molecule has 1 aromatic carbocycles. The Labute approximate surface area is 148 Å². The minimum absolute atomic E-state index is 0.202. The summed E-state index contributed by atoms with van der Waals surface area (Å²) < 4.78 is 92.0. The molecule has 1 aromatic rings. The summed E-state index contributed by atoms with van der Waals surface area (Å²) in [4.78, 5) is 12.3. The molecule has 1 aliphatic carbocycles. The van der Waals surface area contributed by atoms with Crippen LogP contribution in [0.1, 0.15) is 32.9 Å². The lowest BCUT2D eigenvalue weighted by atomic mass is 9.99. The van der Waals surface area contributed by atoms with Gasteiger partial charge in [0.1, 0.15) is 11.1 Å². The van der Waals surface area contributed by atoms with Gasteiger partial charge in [-0.1, -0.05) is 17.7 Å². The van der Waals surface area contributed by atoms with Crippen LogP contribution < -0.4 is 4.72 Å². The quantitative estimate of drug-likeness (QED) is 0.811. The van der Waals surface area contributed by atoms with Crippen molar-refractivity contribution >= 4 is 33.3 Å². The van der Waals surface area contributed by atoms with Crippen LogP contribution in [0.4, 0.5) is 10.1 Å². The number of carbonyl (C=O) groups is 1. The number of benzene rings is 1. The monoisotopic (exact) mass is 367 g/mol. The van der Waals surface area contributed by atoms with Crippen molar-refractivity contribution in [2.24, 2.45) is 0 Å². The molecule has 0 unspecified atom stereocenters. The number of allylic oxidation sites excluding steroid dienone is 1. The van der Waals surface area contributed by atoms with Crippen molar-refractivity contribution in [2.75, 3.05) is 11.3 Å². The molecular formula is C15H17ClFNO4S. The van der Waals surface area contributed by atoms with Gasteiger partial charge in [0.25, 0.3) is 0 Å². The zero-order valence-corrected chi connectivity index (χ0v) is 13.5. The summed E-state index contributed by atoms with van der Waals surface area (Å²) in [6.45, 7) is 1.21. The van der Waals surface area contributed by atoms with Crippen LogP contribution in [0.25, 0.3) is 0 Å². The number of rotatable bonds is 5. The van der Waals surface area contributed by atoms with Gasteiger partial charge in [0.2, 0.25) is 10.0 Å². The molecule has 0 radical (unpaired) electrons. The lowest BCUT2D eigenvalue weighted by Gasteiger charge is -2.24. The predicted molar refractivity (Wildman–Crippen MR) is 86.3 cm³/mol. The van der Waals surface area contributed by atoms with E-state index < -0.39 is 68.6 Å². The van der Waals surface area contributed by atoms with Gasteiger partial charge in [0.05, 0.1) is 24.3 Å². The summed E-state index contributed by atoms with van der Waals surface area (Å²) in [5.74, 6) is -2.11. The van der Waals surface area contributed by atoms with Crippen LogP contribution in [-0.4, -0.2) is 26.2 Å². The Morgan fingerprint density at radius 2 is 2.39 bits per heavy atom. The molecule has 0 amide bonds. The summed E-state index contributed by atoms with van der Waals surface area (Å²) >= 11 is 5.80. The van der Waals surface area contributed by atoms with E-state index >= 15 is 0 Å². The average Bonchev–Trinajstić information content (AvgIpc) is 2.57. The van der Waals surface area contributed by atoms with Gasteiger partial charge in [-0.15, -0.1) is 0 Å². The molecule has 0 aromatic heterocycles. The maximum Gasteiger partial charge on any atom is 0.335 e. The number of esters is 1. The summed E-state index contributed by atoms with van der Waals surface area (Å²) in [6.07, 6.45) is -6.91. The Morgan fingerprint density at radius 1 is 1.65 bits per heavy atom. The standard InChI is InChI=1S/C15H17ClFNO4S/c1-2-22-15(19)11-5-3-4-6-14(11)23(20,21)18-13-8-7-10(17)9-12(13)16/h5,7-9,14,18H,2-4,6H2,1H3/t14-/m1/s1/i4D2,5D,6D2/hD. The van der Waals surface area contributed by atoms with Crippen LogP contribution in [0, 0.1) is 5.82 Å². The molecule has 0 aliphatic heterocycles. The fraction of sp³-hybridized carbons (Fsp3) is 0.400. The number of halogens is 2. The summed E-state index contributed by atoms with van der Waals surface area (Å²) in [5, 5.41) is -3.04. The van der Waals surface area contributed by atoms with Crippen molar-refractivity contribution in [1.82, 2.24) is 0 Å². The molecule has 1 atom stereocenters. The topological polar surface area (TPSA) is 72.5 Å². The summed E-state index contributed by atoms with van der Waals surface area (Å²) in [7, 11) is -5.18. The van der Waals surface area contributed by atoms with E-state index in [1.54, 1.807) is 0 Å². The first kappa shape index (κ1) is 11.0. The minimum atomic E-state index is -5.18. The Balaban J connectivity index is 2.72. The number of ether oxygens (including phenoxy) is 1. The molecule has 126 valence electrons. The van der Waals surface area contributed by atoms with Gasteiger partial charge in [0.15, 0.2) is 1.41 Å². The second-order valence-corrected chi connectivity index (χ2v) is 6.48. The zero-order valence-electron chi connectivity index (χ0n) is 18.0. The summed E-state index contributed by atoms with van der Waals surface area (Å²) in [5.41, 5.74) is -1.44. The van der Waals surface area contributed by atoms with Crippen molar-refractivity contribution in [3.05, 3.63) is 40.7 Å². The van der Waals surface area contributed by atoms with E-state index in [-0.39, 0.29) is 11.3 Å². The first-order chi connectivity index (χ1) is 13.2. The van der Waals surface area contributed by atoms with Gasteiger partial charge in [-0.3, -0.25) is 4.72 Å². The molecule has 0 heterocycles. The van der Waals surface area contributed by atoms with Crippen molar-refractivity contribution in [3.8, 4) is 0 Å². The lowest BCUT2D eigenvalue weighted by Crippen LogP contribution is -2.34. The Kier molecular flexibility index (Phi) is 3.51. The van der Waals surface area contributed by atoms with Gasteiger partial charge in [-0.25, -0.2) is 17.6 Å². The Hall–Kier alpha value is -1.60. The number of sulfonamides is 1. The molecule has 1 N–H and O–H groups in total. The van der Waals surface area contributed by atoms with Gasteiger partial charge < -0.3 is 4.74 Å². The molecule has 23 heavy (non-hydrogen) atoms. The normalized spacial score (nSPS) is 26.8. The smallest absolute Gasteiger partial charge is 0.335 e. The maximum absolute atomic E-state index is 13.3. The number of carbonyl (C=O) groups excluding carboxylic acids is 1. The molecular weight excluding hydrogens is 345 g/mol. The minimum Gasteiger partial charge on any atom is -0.463 e. The predicted octanol–water partition coefficient (Wildman–Crippen LogP) is 3.26. The molecule has 8 heteroatoms. The molecule has 0 spiro atoms. The molecule has 1 aliphatic rings. The van der Waals surface area contributed by atoms with E-state index in [0.29, 0.717) is 0 Å². The van der Waals surface area contributed by atoms with Gasteiger partial charge in [-0.05, 0) is 44.3 Å². The molecule has 0 saturated carbocycles. The first-order valence-corrected chi connectivity index (χ1v) is 8.41. The molecule has 2 rings (SSSR count). The highest BCUT2D eigenvalue weighted by atomic mass is 35.5. The fourth-order valence-electron chi connectivity index (χ4n) is 1.80. The van der Waals surface area contributed by atoms with Crippen molar-refractivity contribution in [3.63, 3.8) is 0 Å². The van der Waals surface area contributed by atoms with E-state index in [1.165, 1.54) is 6.92 Å². The lowest BCUT2D eigenvalue weighted by molar-refractivity contribution is -0.138. The number of hydrogen-bond donors (Lipinski definition) is 1. The van der Waals surface area contributed by atoms with Crippen LogP contribution >= 0.6 is 11.6 Å². The van der Waals surface area contributed by atoms with Crippen LogP contribution in [-0.2, 0) is 19.6 Å². The molecule has 0 bridgehead atoms. The molecule has 5 nitrogen and oxygen atoms in total.